The Hall–Kier alpha value is -1.78. The predicted octanol–water partition coefficient (Wildman–Crippen LogP) is 5.45. The van der Waals surface area contributed by atoms with Gasteiger partial charge in [0.25, 0.3) is 0 Å². The molecule has 1 aliphatic heterocycles. The lowest BCUT2D eigenvalue weighted by molar-refractivity contribution is 0.578. The van der Waals surface area contributed by atoms with Crippen LogP contribution in [0.25, 0.3) is 0 Å². The van der Waals surface area contributed by atoms with Crippen LogP contribution in [0, 0.1) is 6.92 Å². The van der Waals surface area contributed by atoms with Crippen molar-refractivity contribution in [2.24, 2.45) is 0 Å². The van der Waals surface area contributed by atoms with Gasteiger partial charge >= 0.3 is 0 Å². The third-order valence-electron chi connectivity index (χ3n) is 4.28. The second kappa shape index (κ2) is 7.86. The molecule has 0 bridgehead atoms. The normalized spacial score (nSPS) is 14.3. The summed E-state index contributed by atoms with van der Waals surface area (Å²) in [5.41, 5.74) is 4.19. The van der Waals surface area contributed by atoms with Crippen LogP contribution in [0.15, 0.2) is 42.5 Å². The Morgan fingerprint density at radius 1 is 1.04 bits per heavy atom. The van der Waals surface area contributed by atoms with Crippen LogP contribution < -0.4 is 15.5 Å². The van der Waals surface area contributed by atoms with Gasteiger partial charge in [0.05, 0.1) is 11.4 Å². The van der Waals surface area contributed by atoms with Gasteiger partial charge in [0, 0.05) is 23.8 Å². The molecule has 0 amide bonds. The van der Waals surface area contributed by atoms with Gasteiger partial charge in [-0.25, -0.2) is 0 Å². The molecule has 0 aromatic heterocycles. The van der Waals surface area contributed by atoms with Gasteiger partial charge in [-0.1, -0.05) is 29.8 Å². The van der Waals surface area contributed by atoms with Crippen LogP contribution >= 0.6 is 23.8 Å². The molecule has 0 atom stereocenters. The molecule has 0 unspecified atom stereocenters. The van der Waals surface area contributed by atoms with Crippen molar-refractivity contribution in [2.75, 3.05) is 28.6 Å². The van der Waals surface area contributed by atoms with Crippen LogP contribution in [0.2, 0.25) is 5.02 Å². The van der Waals surface area contributed by atoms with E-state index in [1.165, 1.54) is 24.9 Å². The van der Waals surface area contributed by atoms with Gasteiger partial charge in [0.15, 0.2) is 5.11 Å². The Balaban J connectivity index is 1.71. The molecule has 5 heteroatoms. The Morgan fingerprint density at radius 3 is 2.54 bits per heavy atom. The van der Waals surface area contributed by atoms with Gasteiger partial charge in [0.1, 0.15) is 0 Å². The van der Waals surface area contributed by atoms with Crippen molar-refractivity contribution in [3.05, 3.63) is 53.1 Å². The van der Waals surface area contributed by atoms with Crippen LogP contribution in [0.1, 0.15) is 24.8 Å². The highest BCUT2D eigenvalue weighted by atomic mass is 35.5. The van der Waals surface area contributed by atoms with E-state index in [1.807, 2.05) is 31.2 Å². The van der Waals surface area contributed by atoms with Crippen molar-refractivity contribution < 1.29 is 0 Å². The second-order valence-electron chi connectivity index (χ2n) is 6.11. The van der Waals surface area contributed by atoms with E-state index in [0.717, 1.165) is 35.1 Å². The van der Waals surface area contributed by atoms with E-state index in [2.05, 4.69) is 33.7 Å². The van der Waals surface area contributed by atoms with Crippen molar-refractivity contribution in [2.45, 2.75) is 26.2 Å². The minimum absolute atomic E-state index is 0.569. The van der Waals surface area contributed by atoms with Crippen LogP contribution in [0.3, 0.4) is 0 Å². The molecule has 1 fully saturated rings. The van der Waals surface area contributed by atoms with Crippen molar-refractivity contribution in [3.63, 3.8) is 0 Å². The molecule has 1 aliphatic rings. The van der Waals surface area contributed by atoms with Crippen LogP contribution in [-0.2, 0) is 0 Å². The number of thiocarbonyl (C=S) groups is 1. The van der Waals surface area contributed by atoms with E-state index in [1.54, 1.807) is 0 Å². The summed E-state index contributed by atoms with van der Waals surface area (Å²) in [5.74, 6) is 0. The quantitative estimate of drug-likeness (QED) is 0.713. The van der Waals surface area contributed by atoms with Crippen LogP contribution in [-0.4, -0.2) is 18.2 Å². The minimum atomic E-state index is 0.569. The van der Waals surface area contributed by atoms with Gasteiger partial charge in [0.2, 0.25) is 0 Å². The van der Waals surface area contributed by atoms with Crippen LogP contribution in [0.4, 0.5) is 17.1 Å². The molecule has 2 N–H and O–H groups in total. The van der Waals surface area contributed by atoms with Gasteiger partial charge in [-0.2, -0.15) is 0 Å². The zero-order valence-electron chi connectivity index (χ0n) is 13.8. The predicted molar refractivity (Wildman–Crippen MR) is 109 cm³/mol. The lowest BCUT2D eigenvalue weighted by atomic mass is 10.1. The average Bonchev–Trinajstić information content (AvgIpc) is 2.59. The summed E-state index contributed by atoms with van der Waals surface area (Å²) in [7, 11) is 0. The number of anilines is 3. The molecule has 1 heterocycles. The number of benzene rings is 2. The minimum Gasteiger partial charge on any atom is -0.370 e. The van der Waals surface area contributed by atoms with Gasteiger partial charge in [-0.05, 0) is 68.2 Å². The monoisotopic (exact) mass is 359 g/mol. The number of rotatable bonds is 3. The van der Waals surface area contributed by atoms with E-state index in [9.17, 15) is 0 Å². The summed E-state index contributed by atoms with van der Waals surface area (Å²) >= 11 is 11.6. The van der Waals surface area contributed by atoms with E-state index in [-0.39, 0.29) is 0 Å². The van der Waals surface area contributed by atoms with Crippen molar-refractivity contribution in [3.8, 4) is 0 Å². The van der Waals surface area contributed by atoms with E-state index >= 15 is 0 Å². The van der Waals surface area contributed by atoms with Crippen molar-refractivity contribution >= 4 is 46.0 Å². The Morgan fingerprint density at radius 2 is 1.79 bits per heavy atom. The molecule has 0 aliphatic carbocycles. The molecule has 2 aromatic rings. The SMILES string of the molecule is Cc1ccc(NC(=S)Nc2ccccc2N2CCCCC2)cc1Cl. The fraction of sp³-hybridized carbons (Fsp3) is 0.316. The number of aryl methyl sites for hydroxylation is 1. The summed E-state index contributed by atoms with van der Waals surface area (Å²) in [4.78, 5) is 2.43. The Kier molecular flexibility index (Phi) is 5.59. The molecule has 1 saturated heterocycles. The molecule has 0 saturated carbocycles. The van der Waals surface area contributed by atoms with E-state index in [0.29, 0.717) is 5.11 Å². The Bertz CT molecular complexity index is 726. The molecular formula is C19H22ClN3S. The smallest absolute Gasteiger partial charge is 0.175 e. The molecule has 3 rings (SSSR count). The van der Waals surface area contributed by atoms with Gasteiger partial charge < -0.3 is 15.5 Å². The molecule has 126 valence electrons. The van der Waals surface area contributed by atoms with E-state index < -0.39 is 0 Å². The number of nitrogens with zero attached hydrogens (tertiary/aromatic N) is 1. The third kappa shape index (κ3) is 4.19. The van der Waals surface area contributed by atoms with Gasteiger partial charge in [-0.15, -0.1) is 0 Å². The third-order valence-corrected chi connectivity index (χ3v) is 4.89. The van der Waals surface area contributed by atoms with Crippen LogP contribution in [0.5, 0.6) is 0 Å². The summed E-state index contributed by atoms with van der Waals surface area (Å²) in [5, 5.41) is 7.83. The summed E-state index contributed by atoms with van der Waals surface area (Å²) in [6, 6.07) is 14.2. The summed E-state index contributed by atoms with van der Waals surface area (Å²) < 4.78 is 0. The number of para-hydroxylation sites is 2. The topological polar surface area (TPSA) is 27.3 Å². The second-order valence-corrected chi connectivity index (χ2v) is 6.92. The fourth-order valence-electron chi connectivity index (χ4n) is 2.95. The highest BCUT2D eigenvalue weighted by Gasteiger charge is 2.14. The standard InChI is InChI=1S/C19H22ClN3S/c1-14-9-10-15(13-16(14)20)21-19(24)22-17-7-3-4-8-18(17)23-11-5-2-6-12-23/h3-4,7-10,13H,2,5-6,11-12H2,1H3,(H2,21,22,24). The van der Waals surface area contributed by atoms with Gasteiger partial charge in [-0.3, -0.25) is 0 Å². The molecule has 2 aromatic carbocycles. The lowest BCUT2D eigenvalue weighted by Gasteiger charge is -2.30. The fourth-order valence-corrected chi connectivity index (χ4v) is 3.35. The van der Waals surface area contributed by atoms with Crippen molar-refractivity contribution in [1.82, 2.24) is 0 Å². The number of nitrogens with one attached hydrogen (secondary N) is 2. The molecule has 24 heavy (non-hydrogen) atoms. The number of hydrogen-bond donors (Lipinski definition) is 2. The summed E-state index contributed by atoms with van der Waals surface area (Å²) in [6.07, 6.45) is 3.82. The first-order chi connectivity index (χ1) is 11.6. The molecule has 0 radical (unpaired) electrons. The maximum absolute atomic E-state index is 6.17. The highest BCUT2D eigenvalue weighted by Crippen LogP contribution is 2.28. The zero-order chi connectivity index (χ0) is 16.9. The number of halogens is 1. The maximum atomic E-state index is 6.17. The molecular weight excluding hydrogens is 338 g/mol. The highest BCUT2D eigenvalue weighted by molar-refractivity contribution is 7.80. The Labute approximate surface area is 154 Å². The maximum Gasteiger partial charge on any atom is 0.175 e. The first kappa shape index (κ1) is 17.1. The average molecular weight is 360 g/mol. The zero-order valence-corrected chi connectivity index (χ0v) is 15.4. The lowest BCUT2D eigenvalue weighted by Crippen LogP contribution is -2.30. The largest absolute Gasteiger partial charge is 0.370 e. The van der Waals surface area contributed by atoms with Crippen molar-refractivity contribution in [1.29, 1.82) is 0 Å². The first-order valence-electron chi connectivity index (χ1n) is 8.31. The number of piperidine rings is 1. The molecule has 3 nitrogen and oxygen atoms in total. The number of hydrogen-bond acceptors (Lipinski definition) is 2. The van der Waals surface area contributed by atoms with E-state index in [4.69, 9.17) is 23.8 Å². The first-order valence-corrected chi connectivity index (χ1v) is 9.10. The molecule has 0 spiro atoms. The summed E-state index contributed by atoms with van der Waals surface area (Å²) in [6.45, 7) is 4.19.